The molecule has 3 aromatic carbocycles. The minimum absolute atomic E-state index is 0.141. The van der Waals surface area contributed by atoms with Crippen LogP contribution in [0.4, 0.5) is 0 Å². The Morgan fingerprint density at radius 2 is 1.24 bits per heavy atom. The van der Waals surface area contributed by atoms with Gasteiger partial charge in [-0.15, -0.1) is 0 Å². The first kappa shape index (κ1) is 17.1. The maximum Gasteiger partial charge on any atom is 0.240 e. The minimum atomic E-state index is -3.69. The van der Waals surface area contributed by atoms with Crippen LogP contribution in [0.1, 0.15) is 10.4 Å². The molecule has 0 aliphatic carbocycles. The average Bonchev–Trinajstić information content (AvgIpc) is 2.68. The molecule has 3 aromatic rings. The molecule has 0 aromatic heterocycles. The highest BCUT2D eigenvalue weighted by Gasteiger charge is 2.15. The number of carbonyl (C=O) groups is 1. The van der Waals surface area contributed by atoms with Gasteiger partial charge in [0.1, 0.15) is 0 Å². The van der Waals surface area contributed by atoms with E-state index in [1.165, 1.54) is 12.1 Å². The van der Waals surface area contributed by atoms with Gasteiger partial charge in [-0.05, 0) is 23.3 Å². The topological polar surface area (TPSA) is 63.2 Å². The summed E-state index contributed by atoms with van der Waals surface area (Å²) in [5, 5.41) is 0. The molecule has 0 spiro atoms. The van der Waals surface area contributed by atoms with Gasteiger partial charge in [-0.25, -0.2) is 13.1 Å². The van der Waals surface area contributed by atoms with Crippen molar-refractivity contribution >= 4 is 15.8 Å². The van der Waals surface area contributed by atoms with Crippen LogP contribution >= 0.6 is 0 Å². The molecule has 4 nitrogen and oxygen atoms in total. The summed E-state index contributed by atoms with van der Waals surface area (Å²) in [6.07, 6.45) is 0. The highest BCUT2D eigenvalue weighted by molar-refractivity contribution is 7.89. The van der Waals surface area contributed by atoms with Crippen molar-refractivity contribution in [1.82, 2.24) is 4.72 Å². The molecule has 0 fully saturated rings. The Balaban J connectivity index is 1.68. The Morgan fingerprint density at radius 3 is 1.84 bits per heavy atom. The van der Waals surface area contributed by atoms with Gasteiger partial charge in [0.05, 0.1) is 11.4 Å². The van der Waals surface area contributed by atoms with Gasteiger partial charge in [-0.3, -0.25) is 4.79 Å². The SMILES string of the molecule is O=C(CNS(=O)(=O)c1ccccc1)c1ccc(-c2ccccc2)cc1. The number of Topliss-reactive ketones (excluding diaryl/α,β-unsaturated/α-hetero) is 1. The van der Waals surface area contributed by atoms with E-state index >= 15 is 0 Å². The summed E-state index contributed by atoms with van der Waals surface area (Å²) in [6, 6.07) is 24.9. The molecule has 0 saturated heterocycles. The van der Waals surface area contributed by atoms with Crippen LogP contribution in [0, 0.1) is 0 Å². The lowest BCUT2D eigenvalue weighted by atomic mass is 10.0. The molecular weight excluding hydrogens is 334 g/mol. The van der Waals surface area contributed by atoms with E-state index in [-0.39, 0.29) is 17.2 Å². The zero-order valence-electron chi connectivity index (χ0n) is 13.4. The number of carbonyl (C=O) groups excluding carboxylic acids is 1. The lowest BCUT2D eigenvalue weighted by Crippen LogP contribution is -2.29. The fraction of sp³-hybridized carbons (Fsp3) is 0.0500. The van der Waals surface area contributed by atoms with Crippen LogP contribution in [0.5, 0.6) is 0 Å². The van der Waals surface area contributed by atoms with E-state index in [2.05, 4.69) is 4.72 Å². The minimum Gasteiger partial charge on any atom is -0.293 e. The Hall–Kier alpha value is -2.76. The summed E-state index contributed by atoms with van der Waals surface area (Å²) in [4.78, 5) is 12.4. The standard InChI is InChI=1S/C20H17NO3S/c22-20(15-21-25(23,24)19-9-5-2-6-10-19)18-13-11-17(12-14-18)16-7-3-1-4-8-16/h1-14,21H,15H2. The number of sulfonamides is 1. The molecule has 0 unspecified atom stereocenters. The summed E-state index contributed by atoms with van der Waals surface area (Å²) >= 11 is 0. The highest BCUT2D eigenvalue weighted by Crippen LogP contribution is 2.19. The highest BCUT2D eigenvalue weighted by atomic mass is 32.2. The largest absolute Gasteiger partial charge is 0.293 e. The maximum absolute atomic E-state index is 12.2. The van der Waals surface area contributed by atoms with Gasteiger partial charge >= 0.3 is 0 Å². The Bertz CT molecular complexity index is 951. The second kappa shape index (κ2) is 7.42. The second-order valence-electron chi connectivity index (χ2n) is 5.50. The number of hydrogen-bond donors (Lipinski definition) is 1. The van der Waals surface area contributed by atoms with E-state index in [1.807, 2.05) is 42.5 Å². The molecule has 0 radical (unpaired) electrons. The number of nitrogens with one attached hydrogen (secondary N) is 1. The van der Waals surface area contributed by atoms with Crippen molar-refractivity contribution in [1.29, 1.82) is 0 Å². The van der Waals surface area contributed by atoms with E-state index in [4.69, 9.17) is 0 Å². The summed E-state index contributed by atoms with van der Waals surface area (Å²) in [6.45, 7) is -0.276. The molecule has 0 atom stereocenters. The number of ketones is 1. The van der Waals surface area contributed by atoms with Gasteiger partial charge in [-0.1, -0.05) is 72.8 Å². The van der Waals surface area contributed by atoms with Crippen molar-refractivity contribution in [3.63, 3.8) is 0 Å². The number of benzene rings is 3. The molecule has 126 valence electrons. The molecule has 1 N–H and O–H groups in total. The third kappa shape index (κ3) is 4.21. The van der Waals surface area contributed by atoms with Gasteiger partial charge in [-0.2, -0.15) is 0 Å². The van der Waals surface area contributed by atoms with Crippen LogP contribution in [0.3, 0.4) is 0 Å². The molecule has 0 saturated carbocycles. The zero-order valence-corrected chi connectivity index (χ0v) is 14.2. The summed E-state index contributed by atoms with van der Waals surface area (Å²) in [7, 11) is -3.69. The van der Waals surface area contributed by atoms with Crippen molar-refractivity contribution < 1.29 is 13.2 Å². The predicted molar refractivity (Wildman–Crippen MR) is 97.8 cm³/mol. The first-order chi connectivity index (χ1) is 12.1. The predicted octanol–water partition coefficient (Wildman–Crippen LogP) is 3.51. The molecule has 3 rings (SSSR count). The van der Waals surface area contributed by atoms with E-state index < -0.39 is 10.0 Å². The number of rotatable bonds is 6. The number of hydrogen-bond acceptors (Lipinski definition) is 3. The van der Waals surface area contributed by atoms with Gasteiger partial charge in [0.15, 0.2) is 5.78 Å². The Labute approximate surface area is 147 Å². The van der Waals surface area contributed by atoms with Gasteiger partial charge in [0, 0.05) is 5.56 Å². The van der Waals surface area contributed by atoms with E-state index in [9.17, 15) is 13.2 Å². The summed E-state index contributed by atoms with van der Waals surface area (Å²) in [5.41, 5.74) is 2.53. The van der Waals surface area contributed by atoms with Gasteiger partial charge < -0.3 is 0 Å². The normalized spacial score (nSPS) is 11.2. The fourth-order valence-corrected chi connectivity index (χ4v) is 3.43. The molecule has 0 heterocycles. The monoisotopic (exact) mass is 351 g/mol. The molecule has 0 aliphatic heterocycles. The van der Waals surface area contributed by atoms with E-state index in [0.29, 0.717) is 5.56 Å². The molecule has 0 amide bonds. The molecule has 0 bridgehead atoms. The molecular formula is C20H17NO3S. The average molecular weight is 351 g/mol. The van der Waals surface area contributed by atoms with Crippen molar-refractivity contribution in [2.45, 2.75) is 4.90 Å². The van der Waals surface area contributed by atoms with Crippen LogP contribution in [-0.2, 0) is 10.0 Å². The quantitative estimate of drug-likeness (QED) is 0.691. The van der Waals surface area contributed by atoms with Crippen LogP contribution in [-0.4, -0.2) is 20.7 Å². The lowest BCUT2D eigenvalue weighted by Gasteiger charge is -2.07. The van der Waals surface area contributed by atoms with Crippen molar-refractivity contribution in [2.24, 2.45) is 0 Å². The first-order valence-electron chi connectivity index (χ1n) is 7.80. The molecule has 0 aliphatic rings. The lowest BCUT2D eigenvalue weighted by molar-refractivity contribution is 0.0997. The maximum atomic E-state index is 12.2. The van der Waals surface area contributed by atoms with Gasteiger partial charge in [0.25, 0.3) is 0 Å². The third-order valence-electron chi connectivity index (χ3n) is 3.79. The Morgan fingerprint density at radius 1 is 0.720 bits per heavy atom. The molecule has 25 heavy (non-hydrogen) atoms. The summed E-state index contributed by atoms with van der Waals surface area (Å²) < 4.78 is 26.6. The van der Waals surface area contributed by atoms with Gasteiger partial charge in [0.2, 0.25) is 10.0 Å². The smallest absolute Gasteiger partial charge is 0.240 e. The van der Waals surface area contributed by atoms with Crippen LogP contribution < -0.4 is 4.72 Å². The van der Waals surface area contributed by atoms with E-state index in [1.54, 1.807) is 30.3 Å². The van der Waals surface area contributed by atoms with Crippen molar-refractivity contribution in [2.75, 3.05) is 6.54 Å². The molecule has 5 heteroatoms. The van der Waals surface area contributed by atoms with Crippen LogP contribution in [0.2, 0.25) is 0 Å². The summed E-state index contributed by atoms with van der Waals surface area (Å²) in [5.74, 6) is -0.279. The van der Waals surface area contributed by atoms with E-state index in [0.717, 1.165) is 11.1 Å². The van der Waals surface area contributed by atoms with Crippen LogP contribution in [0.25, 0.3) is 11.1 Å². The second-order valence-corrected chi connectivity index (χ2v) is 7.27. The first-order valence-corrected chi connectivity index (χ1v) is 9.28. The van der Waals surface area contributed by atoms with Crippen LogP contribution in [0.15, 0.2) is 89.8 Å². The Kier molecular flexibility index (Phi) is 5.07. The zero-order chi connectivity index (χ0) is 17.7. The third-order valence-corrected chi connectivity index (χ3v) is 5.21. The fourth-order valence-electron chi connectivity index (χ4n) is 2.42. The van der Waals surface area contributed by atoms with Crippen molar-refractivity contribution in [3.8, 4) is 11.1 Å². The van der Waals surface area contributed by atoms with Crippen molar-refractivity contribution in [3.05, 3.63) is 90.5 Å².